The number of aromatic nitrogens is 2. The molecule has 1 aromatic carbocycles. The lowest BCUT2D eigenvalue weighted by molar-refractivity contribution is -0.141. The lowest BCUT2D eigenvalue weighted by Gasteiger charge is -2.11. The summed E-state index contributed by atoms with van der Waals surface area (Å²) in [6, 6.07) is 11.0. The smallest absolute Gasteiger partial charge is 0.364 e. The van der Waals surface area contributed by atoms with Crippen molar-refractivity contribution in [3.8, 4) is 11.1 Å². The van der Waals surface area contributed by atoms with Crippen LogP contribution in [0, 0.1) is 0 Å². The number of carbonyl (C=O) groups excluding carboxylic acids is 1. The number of hydrogen-bond acceptors (Lipinski definition) is 3. The number of primary amides is 1. The summed E-state index contributed by atoms with van der Waals surface area (Å²) in [5, 5.41) is 0.792. The fourth-order valence-electron chi connectivity index (χ4n) is 2.26. The van der Waals surface area contributed by atoms with E-state index in [1.54, 1.807) is 12.1 Å². The molecule has 0 saturated heterocycles. The quantitative estimate of drug-likeness (QED) is 0.787. The normalized spacial score (nSPS) is 11.6. The van der Waals surface area contributed by atoms with E-state index >= 15 is 0 Å². The summed E-state index contributed by atoms with van der Waals surface area (Å²) < 4.78 is 38.2. The van der Waals surface area contributed by atoms with Crippen molar-refractivity contribution in [2.45, 2.75) is 6.18 Å². The number of halogens is 3. The van der Waals surface area contributed by atoms with Crippen molar-refractivity contribution in [2.24, 2.45) is 5.73 Å². The number of benzene rings is 1. The average molecular weight is 317 g/mol. The molecule has 0 aliphatic carbocycles. The zero-order valence-corrected chi connectivity index (χ0v) is 11.6. The van der Waals surface area contributed by atoms with E-state index in [1.165, 1.54) is 12.3 Å². The maximum Gasteiger partial charge on any atom is 0.433 e. The number of carbonyl (C=O) groups is 1. The third-order valence-electron chi connectivity index (χ3n) is 3.32. The van der Waals surface area contributed by atoms with E-state index < -0.39 is 23.5 Å². The van der Waals surface area contributed by atoms with Crippen LogP contribution in [0.15, 0.2) is 48.7 Å². The Bertz CT molecular complexity index is 906. The van der Waals surface area contributed by atoms with E-state index in [0.29, 0.717) is 5.56 Å². The summed E-state index contributed by atoms with van der Waals surface area (Å²) in [6.45, 7) is 0. The van der Waals surface area contributed by atoms with Crippen LogP contribution in [-0.2, 0) is 6.18 Å². The molecule has 3 rings (SSSR count). The van der Waals surface area contributed by atoms with Crippen molar-refractivity contribution in [1.29, 1.82) is 0 Å². The number of rotatable bonds is 2. The molecule has 2 aromatic heterocycles. The Morgan fingerprint density at radius 3 is 2.52 bits per heavy atom. The molecule has 0 fully saturated rings. The number of para-hydroxylation sites is 1. The van der Waals surface area contributed by atoms with Crippen LogP contribution in [0.2, 0.25) is 0 Å². The highest BCUT2D eigenvalue weighted by Gasteiger charge is 2.33. The third-order valence-corrected chi connectivity index (χ3v) is 3.32. The Labute approximate surface area is 128 Å². The molecule has 4 nitrogen and oxygen atoms in total. The fourth-order valence-corrected chi connectivity index (χ4v) is 2.26. The molecule has 3 aromatic rings. The molecule has 0 unspecified atom stereocenters. The number of fused-ring (bicyclic) bond motifs is 1. The number of nitrogens with two attached hydrogens (primary N) is 1. The molecular weight excluding hydrogens is 307 g/mol. The molecule has 1 amide bonds. The van der Waals surface area contributed by atoms with Crippen LogP contribution in [-0.4, -0.2) is 15.9 Å². The Hall–Kier alpha value is -2.96. The van der Waals surface area contributed by atoms with Gasteiger partial charge in [0.05, 0.1) is 5.52 Å². The standard InChI is InChI=1S/C16H10F3N3O/c17-16(18,19)13-6-5-11(14(22-13)15(20)23)10-7-9-3-1-2-4-12(9)21-8-10/h1-8H,(H2,20,23). The van der Waals surface area contributed by atoms with Crippen LogP contribution in [0.5, 0.6) is 0 Å². The monoisotopic (exact) mass is 317 g/mol. The Morgan fingerprint density at radius 2 is 1.83 bits per heavy atom. The van der Waals surface area contributed by atoms with Crippen LogP contribution < -0.4 is 5.73 Å². The number of alkyl halides is 3. The van der Waals surface area contributed by atoms with Gasteiger partial charge < -0.3 is 5.73 Å². The van der Waals surface area contributed by atoms with Gasteiger partial charge in [-0.15, -0.1) is 0 Å². The van der Waals surface area contributed by atoms with Crippen LogP contribution in [0.4, 0.5) is 13.2 Å². The van der Waals surface area contributed by atoms with Gasteiger partial charge in [0.15, 0.2) is 0 Å². The first-order valence-corrected chi connectivity index (χ1v) is 6.59. The summed E-state index contributed by atoms with van der Waals surface area (Å²) in [4.78, 5) is 19.1. The molecule has 0 saturated carbocycles. The van der Waals surface area contributed by atoms with Crippen molar-refractivity contribution in [3.05, 3.63) is 60.0 Å². The van der Waals surface area contributed by atoms with Crippen molar-refractivity contribution in [2.75, 3.05) is 0 Å². The molecule has 0 atom stereocenters. The molecular formula is C16H10F3N3O. The van der Waals surface area contributed by atoms with Gasteiger partial charge in [0, 0.05) is 22.7 Å². The maximum absolute atomic E-state index is 12.7. The van der Waals surface area contributed by atoms with Gasteiger partial charge in [-0.25, -0.2) is 4.98 Å². The van der Waals surface area contributed by atoms with Gasteiger partial charge in [0.1, 0.15) is 11.4 Å². The number of amides is 1. The van der Waals surface area contributed by atoms with Gasteiger partial charge in [-0.3, -0.25) is 9.78 Å². The highest BCUT2D eigenvalue weighted by Crippen LogP contribution is 2.31. The van der Waals surface area contributed by atoms with E-state index in [-0.39, 0.29) is 5.56 Å². The first kappa shape index (κ1) is 15.0. The molecule has 2 N–H and O–H groups in total. The van der Waals surface area contributed by atoms with E-state index in [2.05, 4.69) is 9.97 Å². The Balaban J connectivity index is 2.19. The summed E-state index contributed by atoms with van der Waals surface area (Å²) in [5.41, 5.74) is 5.01. The topological polar surface area (TPSA) is 68.9 Å². The van der Waals surface area contributed by atoms with E-state index in [0.717, 1.165) is 17.0 Å². The second-order valence-electron chi connectivity index (χ2n) is 4.87. The fraction of sp³-hybridized carbons (Fsp3) is 0.0625. The summed E-state index contributed by atoms with van der Waals surface area (Å²) in [5.74, 6) is -1.03. The van der Waals surface area contributed by atoms with Crippen LogP contribution >= 0.6 is 0 Å². The summed E-state index contributed by atoms with van der Waals surface area (Å²) in [7, 11) is 0. The number of hydrogen-bond donors (Lipinski definition) is 1. The SMILES string of the molecule is NC(=O)c1nc(C(F)(F)F)ccc1-c1cnc2ccccc2c1. The van der Waals surface area contributed by atoms with Crippen LogP contribution in [0.1, 0.15) is 16.2 Å². The van der Waals surface area contributed by atoms with Gasteiger partial charge in [0.2, 0.25) is 0 Å². The highest BCUT2D eigenvalue weighted by molar-refractivity contribution is 5.98. The van der Waals surface area contributed by atoms with E-state index in [4.69, 9.17) is 5.73 Å². The molecule has 2 heterocycles. The first-order valence-electron chi connectivity index (χ1n) is 6.59. The van der Waals surface area contributed by atoms with E-state index in [9.17, 15) is 18.0 Å². The minimum absolute atomic E-state index is 0.212. The minimum atomic E-state index is -4.65. The van der Waals surface area contributed by atoms with E-state index in [1.807, 2.05) is 18.2 Å². The predicted octanol–water partition coefficient (Wildman–Crippen LogP) is 3.41. The molecule has 116 valence electrons. The zero-order chi connectivity index (χ0) is 16.6. The van der Waals surface area contributed by atoms with Gasteiger partial charge in [-0.2, -0.15) is 13.2 Å². The van der Waals surface area contributed by atoms with Crippen molar-refractivity contribution in [1.82, 2.24) is 9.97 Å². The minimum Gasteiger partial charge on any atom is -0.364 e. The lowest BCUT2D eigenvalue weighted by Crippen LogP contribution is -2.18. The summed E-state index contributed by atoms with van der Waals surface area (Å²) >= 11 is 0. The Kier molecular flexibility index (Phi) is 3.48. The molecule has 0 aliphatic heterocycles. The van der Waals surface area contributed by atoms with Gasteiger partial charge in [-0.05, 0) is 24.3 Å². The van der Waals surface area contributed by atoms with Crippen LogP contribution in [0.25, 0.3) is 22.0 Å². The molecule has 23 heavy (non-hydrogen) atoms. The van der Waals surface area contributed by atoms with Gasteiger partial charge in [0.25, 0.3) is 5.91 Å². The van der Waals surface area contributed by atoms with Crippen molar-refractivity contribution in [3.63, 3.8) is 0 Å². The zero-order valence-electron chi connectivity index (χ0n) is 11.6. The predicted molar refractivity (Wildman–Crippen MR) is 78.5 cm³/mol. The summed E-state index contributed by atoms with van der Waals surface area (Å²) in [6.07, 6.45) is -3.18. The van der Waals surface area contributed by atoms with Gasteiger partial charge in [-0.1, -0.05) is 18.2 Å². The second-order valence-corrected chi connectivity index (χ2v) is 4.87. The highest BCUT2D eigenvalue weighted by atomic mass is 19.4. The second kappa shape index (κ2) is 5.35. The van der Waals surface area contributed by atoms with Crippen LogP contribution in [0.3, 0.4) is 0 Å². The lowest BCUT2D eigenvalue weighted by atomic mass is 10.0. The molecule has 0 aliphatic rings. The molecule has 7 heteroatoms. The average Bonchev–Trinajstić information content (AvgIpc) is 2.53. The van der Waals surface area contributed by atoms with Crippen molar-refractivity contribution >= 4 is 16.8 Å². The third kappa shape index (κ3) is 2.85. The number of nitrogens with zero attached hydrogens (tertiary/aromatic N) is 2. The van der Waals surface area contributed by atoms with Gasteiger partial charge >= 0.3 is 6.18 Å². The maximum atomic E-state index is 12.7. The first-order chi connectivity index (χ1) is 10.9. The molecule has 0 spiro atoms. The number of pyridine rings is 2. The van der Waals surface area contributed by atoms with Crippen molar-refractivity contribution < 1.29 is 18.0 Å². The Morgan fingerprint density at radius 1 is 1.09 bits per heavy atom. The molecule has 0 bridgehead atoms. The molecule has 0 radical (unpaired) electrons. The largest absolute Gasteiger partial charge is 0.433 e.